The molecule has 0 aliphatic rings. The van der Waals surface area contributed by atoms with Gasteiger partial charge in [-0.05, 0) is 29.7 Å². The normalized spacial score (nSPS) is 12.3. The van der Waals surface area contributed by atoms with Gasteiger partial charge in [0.1, 0.15) is 5.88 Å². The summed E-state index contributed by atoms with van der Waals surface area (Å²) in [7, 11) is 0. The van der Waals surface area contributed by atoms with Crippen molar-refractivity contribution in [2.24, 2.45) is 5.41 Å². The van der Waals surface area contributed by atoms with Gasteiger partial charge in [-0.15, -0.1) is 11.6 Å². The number of rotatable bonds is 3. The lowest BCUT2D eigenvalue weighted by Gasteiger charge is -2.30. The van der Waals surface area contributed by atoms with Crippen molar-refractivity contribution >= 4 is 23.2 Å². The number of amides is 1. The highest BCUT2D eigenvalue weighted by molar-refractivity contribution is 6.29. The second kappa shape index (κ2) is 6.04. The minimum atomic E-state index is -4.39. The average molecular weight is 308 g/mol. The Morgan fingerprint density at radius 2 is 1.65 bits per heavy atom. The van der Waals surface area contributed by atoms with Gasteiger partial charge in [0.05, 0.1) is 5.56 Å². The molecule has 0 saturated heterocycles. The summed E-state index contributed by atoms with van der Waals surface area (Å²) in [5.74, 6) is -0.543. The molecule has 2 nitrogen and oxygen atoms in total. The lowest BCUT2D eigenvalue weighted by molar-refractivity contribution is -0.137. The Bertz CT molecular complexity index is 463. The quantitative estimate of drug-likeness (QED) is 0.761. The molecule has 0 N–H and O–H groups in total. The zero-order chi connectivity index (χ0) is 15.6. The van der Waals surface area contributed by atoms with Crippen molar-refractivity contribution in [1.29, 1.82) is 0 Å². The molecule has 0 aliphatic heterocycles. The summed E-state index contributed by atoms with van der Waals surface area (Å²) < 4.78 is 37.5. The van der Waals surface area contributed by atoms with Crippen molar-refractivity contribution in [3.05, 3.63) is 29.8 Å². The highest BCUT2D eigenvalue weighted by Crippen LogP contribution is 2.31. The standard InChI is InChI=1S/C14H17ClF3NO/c1-13(2,3)9-19(12(20)8-15)11-6-4-10(5-7-11)14(16,17)18/h4-7H,8-9H2,1-3H3. The molecular formula is C14H17ClF3NO. The molecule has 0 fully saturated rings. The Morgan fingerprint density at radius 3 is 2.00 bits per heavy atom. The fourth-order valence-corrected chi connectivity index (χ4v) is 1.84. The smallest absolute Gasteiger partial charge is 0.311 e. The van der Waals surface area contributed by atoms with E-state index in [1.165, 1.54) is 17.0 Å². The van der Waals surface area contributed by atoms with E-state index in [0.717, 1.165) is 12.1 Å². The molecule has 0 bridgehead atoms. The molecule has 6 heteroatoms. The minimum Gasteiger partial charge on any atom is -0.311 e. The molecule has 0 spiro atoms. The van der Waals surface area contributed by atoms with Crippen molar-refractivity contribution in [3.8, 4) is 0 Å². The first-order valence-electron chi connectivity index (χ1n) is 6.08. The van der Waals surface area contributed by atoms with Crippen LogP contribution in [0.3, 0.4) is 0 Å². The fraction of sp³-hybridized carbons (Fsp3) is 0.500. The topological polar surface area (TPSA) is 20.3 Å². The molecule has 0 saturated carbocycles. The van der Waals surface area contributed by atoms with Gasteiger partial charge in [0.25, 0.3) is 0 Å². The number of halogens is 4. The predicted molar refractivity (Wildman–Crippen MR) is 74.0 cm³/mol. The first kappa shape index (κ1) is 16.8. The maximum absolute atomic E-state index is 12.5. The Labute approximate surface area is 121 Å². The second-order valence-corrected chi connectivity index (χ2v) is 5.99. The number of alkyl halides is 4. The minimum absolute atomic E-state index is 0.190. The molecule has 0 aliphatic carbocycles. The molecule has 1 amide bonds. The van der Waals surface area contributed by atoms with Gasteiger partial charge in [-0.25, -0.2) is 0 Å². The van der Waals surface area contributed by atoms with Crippen molar-refractivity contribution in [3.63, 3.8) is 0 Å². The first-order valence-corrected chi connectivity index (χ1v) is 6.61. The molecule has 1 rings (SSSR count). The average Bonchev–Trinajstić information content (AvgIpc) is 2.33. The lowest BCUT2D eigenvalue weighted by atomic mass is 9.95. The van der Waals surface area contributed by atoms with E-state index in [0.29, 0.717) is 12.2 Å². The van der Waals surface area contributed by atoms with Gasteiger partial charge in [0.2, 0.25) is 5.91 Å². The predicted octanol–water partition coefficient (Wildman–Crippen LogP) is 4.32. The Morgan fingerprint density at radius 1 is 1.15 bits per heavy atom. The molecule has 0 unspecified atom stereocenters. The zero-order valence-corrected chi connectivity index (χ0v) is 12.3. The second-order valence-electron chi connectivity index (χ2n) is 5.72. The highest BCUT2D eigenvalue weighted by atomic mass is 35.5. The van der Waals surface area contributed by atoms with Gasteiger partial charge in [0, 0.05) is 12.2 Å². The number of carbonyl (C=O) groups excluding carboxylic acids is 1. The fourth-order valence-electron chi connectivity index (χ4n) is 1.70. The van der Waals surface area contributed by atoms with Crippen LogP contribution in [0.1, 0.15) is 26.3 Å². The van der Waals surface area contributed by atoms with Gasteiger partial charge in [-0.2, -0.15) is 13.2 Å². The number of hydrogen-bond donors (Lipinski definition) is 0. The van der Waals surface area contributed by atoms with Crippen molar-refractivity contribution < 1.29 is 18.0 Å². The molecule has 1 aromatic rings. The van der Waals surface area contributed by atoms with E-state index < -0.39 is 11.7 Å². The van der Waals surface area contributed by atoms with E-state index in [2.05, 4.69) is 0 Å². The van der Waals surface area contributed by atoms with Crippen LogP contribution in [0.2, 0.25) is 0 Å². The Kier molecular flexibility index (Phi) is 5.08. The third kappa shape index (κ3) is 4.71. The molecule has 1 aromatic carbocycles. The van der Waals surface area contributed by atoms with E-state index in [9.17, 15) is 18.0 Å². The van der Waals surface area contributed by atoms with Gasteiger partial charge in [0.15, 0.2) is 0 Å². The van der Waals surface area contributed by atoms with Gasteiger partial charge >= 0.3 is 6.18 Å². The highest BCUT2D eigenvalue weighted by Gasteiger charge is 2.30. The summed E-state index contributed by atoms with van der Waals surface area (Å²) in [5, 5.41) is 0. The summed E-state index contributed by atoms with van der Waals surface area (Å²) >= 11 is 5.56. The molecular weight excluding hydrogens is 291 g/mol. The van der Waals surface area contributed by atoms with Crippen LogP contribution in [0, 0.1) is 5.41 Å². The van der Waals surface area contributed by atoms with Crippen molar-refractivity contribution in [1.82, 2.24) is 0 Å². The van der Waals surface area contributed by atoms with Gasteiger partial charge in [-0.3, -0.25) is 4.79 Å². The number of benzene rings is 1. The van der Waals surface area contributed by atoms with Gasteiger partial charge < -0.3 is 4.90 Å². The van der Waals surface area contributed by atoms with Crippen LogP contribution in [-0.4, -0.2) is 18.3 Å². The van der Waals surface area contributed by atoms with E-state index in [1.54, 1.807) is 0 Å². The molecule has 0 aromatic heterocycles. The SMILES string of the molecule is CC(C)(C)CN(C(=O)CCl)c1ccc(C(F)(F)F)cc1. The van der Waals surface area contributed by atoms with E-state index in [1.807, 2.05) is 20.8 Å². The maximum atomic E-state index is 12.5. The third-order valence-corrected chi connectivity index (χ3v) is 2.78. The molecule has 0 atom stereocenters. The summed E-state index contributed by atoms with van der Waals surface area (Å²) in [6, 6.07) is 4.51. The molecule has 0 radical (unpaired) electrons. The number of nitrogens with zero attached hydrogens (tertiary/aromatic N) is 1. The number of hydrogen-bond acceptors (Lipinski definition) is 1. The molecule has 0 heterocycles. The van der Waals surface area contributed by atoms with Crippen molar-refractivity contribution in [2.75, 3.05) is 17.3 Å². The van der Waals surface area contributed by atoms with E-state index in [4.69, 9.17) is 11.6 Å². The van der Waals surface area contributed by atoms with Crippen LogP contribution < -0.4 is 4.90 Å². The Balaban J connectivity index is 3.06. The molecule has 112 valence electrons. The largest absolute Gasteiger partial charge is 0.416 e. The van der Waals surface area contributed by atoms with Crippen LogP contribution >= 0.6 is 11.6 Å². The van der Waals surface area contributed by atoms with E-state index in [-0.39, 0.29) is 17.2 Å². The Hall–Kier alpha value is -1.23. The van der Waals surface area contributed by atoms with Crippen LogP contribution in [-0.2, 0) is 11.0 Å². The lowest BCUT2D eigenvalue weighted by Crippen LogP contribution is -2.38. The summed E-state index contributed by atoms with van der Waals surface area (Å²) in [4.78, 5) is 13.3. The monoisotopic (exact) mass is 307 g/mol. The van der Waals surface area contributed by atoms with E-state index >= 15 is 0 Å². The van der Waals surface area contributed by atoms with Gasteiger partial charge in [-0.1, -0.05) is 20.8 Å². The summed E-state index contributed by atoms with van der Waals surface area (Å²) in [6.45, 7) is 6.19. The number of carbonyl (C=O) groups is 1. The van der Waals surface area contributed by atoms with Crippen LogP contribution in [0.5, 0.6) is 0 Å². The first-order chi connectivity index (χ1) is 9.04. The maximum Gasteiger partial charge on any atom is 0.416 e. The van der Waals surface area contributed by atoms with Crippen LogP contribution in [0.4, 0.5) is 18.9 Å². The van der Waals surface area contributed by atoms with Crippen molar-refractivity contribution in [2.45, 2.75) is 26.9 Å². The zero-order valence-electron chi connectivity index (χ0n) is 11.6. The molecule has 20 heavy (non-hydrogen) atoms. The summed E-state index contributed by atoms with van der Waals surface area (Å²) in [6.07, 6.45) is -4.39. The van der Waals surface area contributed by atoms with Crippen LogP contribution in [0.25, 0.3) is 0 Å². The van der Waals surface area contributed by atoms with Crippen LogP contribution in [0.15, 0.2) is 24.3 Å². The summed E-state index contributed by atoms with van der Waals surface area (Å²) in [5.41, 5.74) is -0.515. The number of anilines is 1. The third-order valence-electron chi connectivity index (χ3n) is 2.55.